The first-order chi connectivity index (χ1) is 6.79. The molecule has 2 nitrogen and oxygen atoms in total. The van der Waals surface area contributed by atoms with Crippen molar-refractivity contribution in [2.45, 2.75) is 26.2 Å². The Morgan fingerprint density at radius 3 is 3.00 bits per heavy atom. The van der Waals surface area contributed by atoms with E-state index in [1.807, 2.05) is 11.7 Å². The van der Waals surface area contributed by atoms with Crippen LogP contribution in [-0.2, 0) is 13.5 Å². The van der Waals surface area contributed by atoms with E-state index >= 15 is 0 Å². The lowest BCUT2D eigenvalue weighted by Gasteiger charge is -1.98. The van der Waals surface area contributed by atoms with Crippen molar-refractivity contribution in [3.05, 3.63) is 30.0 Å². The van der Waals surface area contributed by atoms with Crippen LogP contribution in [0.1, 0.15) is 25.3 Å². The molecule has 0 N–H and O–H groups in total. The van der Waals surface area contributed by atoms with Crippen molar-refractivity contribution in [1.29, 1.82) is 0 Å². The SMILES string of the molecule is CCCCc1ccc2nn(C)cc2c1. The summed E-state index contributed by atoms with van der Waals surface area (Å²) in [5, 5.41) is 5.60. The summed E-state index contributed by atoms with van der Waals surface area (Å²) in [7, 11) is 1.96. The average Bonchev–Trinajstić information content (AvgIpc) is 2.54. The molecule has 0 radical (unpaired) electrons. The first kappa shape index (κ1) is 9.25. The smallest absolute Gasteiger partial charge is 0.0923 e. The minimum Gasteiger partial charge on any atom is -0.275 e. The predicted molar refractivity (Wildman–Crippen MR) is 59.3 cm³/mol. The first-order valence-electron chi connectivity index (χ1n) is 5.22. The number of fused-ring (bicyclic) bond motifs is 1. The van der Waals surface area contributed by atoms with Crippen LogP contribution in [0.5, 0.6) is 0 Å². The number of nitrogens with zero attached hydrogens (tertiary/aromatic N) is 2. The number of unbranched alkanes of at least 4 members (excludes halogenated alkanes) is 1. The quantitative estimate of drug-likeness (QED) is 0.724. The van der Waals surface area contributed by atoms with Crippen LogP contribution in [0.15, 0.2) is 24.4 Å². The zero-order valence-electron chi connectivity index (χ0n) is 8.83. The molecule has 74 valence electrons. The number of hydrogen-bond donors (Lipinski definition) is 0. The highest BCUT2D eigenvalue weighted by Gasteiger charge is 1.99. The molecule has 0 aliphatic carbocycles. The van der Waals surface area contributed by atoms with Crippen LogP contribution in [0.4, 0.5) is 0 Å². The molecule has 2 heteroatoms. The van der Waals surface area contributed by atoms with E-state index < -0.39 is 0 Å². The molecular weight excluding hydrogens is 172 g/mol. The average molecular weight is 188 g/mol. The summed E-state index contributed by atoms with van der Waals surface area (Å²) < 4.78 is 1.87. The van der Waals surface area contributed by atoms with Gasteiger partial charge in [-0.1, -0.05) is 19.4 Å². The van der Waals surface area contributed by atoms with Crippen LogP contribution >= 0.6 is 0 Å². The van der Waals surface area contributed by atoms with Crippen LogP contribution in [0, 0.1) is 0 Å². The molecule has 0 spiro atoms. The highest BCUT2D eigenvalue weighted by molar-refractivity contribution is 5.78. The molecule has 0 bridgehead atoms. The highest BCUT2D eigenvalue weighted by Crippen LogP contribution is 2.15. The molecule has 0 aliphatic rings. The Morgan fingerprint density at radius 2 is 2.21 bits per heavy atom. The van der Waals surface area contributed by atoms with Crippen molar-refractivity contribution < 1.29 is 0 Å². The first-order valence-corrected chi connectivity index (χ1v) is 5.22. The van der Waals surface area contributed by atoms with E-state index in [9.17, 15) is 0 Å². The van der Waals surface area contributed by atoms with Gasteiger partial charge in [0, 0.05) is 18.6 Å². The van der Waals surface area contributed by atoms with Gasteiger partial charge in [-0.25, -0.2) is 0 Å². The molecule has 2 aromatic rings. The van der Waals surface area contributed by atoms with Gasteiger partial charge in [0.15, 0.2) is 0 Å². The number of benzene rings is 1. The maximum Gasteiger partial charge on any atom is 0.0923 e. The molecule has 1 aromatic carbocycles. The van der Waals surface area contributed by atoms with Gasteiger partial charge in [0.1, 0.15) is 0 Å². The molecule has 0 saturated carbocycles. The van der Waals surface area contributed by atoms with Crippen LogP contribution in [0.3, 0.4) is 0 Å². The van der Waals surface area contributed by atoms with E-state index in [1.165, 1.54) is 30.2 Å². The minimum atomic E-state index is 1.09. The van der Waals surface area contributed by atoms with Crippen molar-refractivity contribution in [3.63, 3.8) is 0 Å². The summed E-state index contributed by atoms with van der Waals surface area (Å²) >= 11 is 0. The largest absolute Gasteiger partial charge is 0.275 e. The van der Waals surface area contributed by atoms with E-state index in [0.717, 1.165) is 5.52 Å². The number of rotatable bonds is 3. The molecule has 0 aliphatic heterocycles. The Kier molecular flexibility index (Phi) is 2.53. The van der Waals surface area contributed by atoms with Crippen molar-refractivity contribution >= 4 is 10.9 Å². The third-order valence-corrected chi connectivity index (χ3v) is 2.50. The van der Waals surface area contributed by atoms with Crippen LogP contribution in [0.2, 0.25) is 0 Å². The van der Waals surface area contributed by atoms with Gasteiger partial charge in [0.2, 0.25) is 0 Å². The summed E-state index contributed by atoms with van der Waals surface area (Å²) in [6.45, 7) is 2.22. The zero-order chi connectivity index (χ0) is 9.97. The molecule has 0 unspecified atom stereocenters. The fraction of sp³-hybridized carbons (Fsp3) is 0.417. The molecule has 1 heterocycles. The molecule has 2 rings (SSSR count). The minimum absolute atomic E-state index is 1.09. The molecule has 0 amide bonds. The van der Waals surface area contributed by atoms with Crippen molar-refractivity contribution in [1.82, 2.24) is 9.78 Å². The molecule has 0 fully saturated rings. The Morgan fingerprint density at radius 1 is 1.36 bits per heavy atom. The van der Waals surface area contributed by atoms with E-state index in [-0.39, 0.29) is 0 Å². The van der Waals surface area contributed by atoms with Gasteiger partial charge in [0.05, 0.1) is 5.52 Å². The van der Waals surface area contributed by atoms with Gasteiger partial charge in [-0.05, 0) is 30.5 Å². The lowest BCUT2D eigenvalue weighted by molar-refractivity contribution is 0.780. The number of aromatic nitrogens is 2. The number of aryl methyl sites for hydroxylation is 2. The normalized spacial score (nSPS) is 11.0. The van der Waals surface area contributed by atoms with E-state index in [2.05, 4.69) is 36.4 Å². The Labute approximate surface area is 84.5 Å². The number of hydrogen-bond acceptors (Lipinski definition) is 1. The van der Waals surface area contributed by atoms with Crippen LogP contribution in [-0.4, -0.2) is 9.78 Å². The monoisotopic (exact) mass is 188 g/mol. The fourth-order valence-electron chi connectivity index (χ4n) is 1.73. The molecule has 14 heavy (non-hydrogen) atoms. The van der Waals surface area contributed by atoms with Crippen molar-refractivity contribution in [3.8, 4) is 0 Å². The lowest BCUT2D eigenvalue weighted by atomic mass is 10.1. The van der Waals surface area contributed by atoms with Gasteiger partial charge < -0.3 is 0 Å². The maximum absolute atomic E-state index is 4.35. The summed E-state index contributed by atoms with van der Waals surface area (Å²) in [4.78, 5) is 0. The molecule has 0 atom stereocenters. The van der Waals surface area contributed by atoms with Gasteiger partial charge in [-0.3, -0.25) is 4.68 Å². The summed E-state index contributed by atoms with van der Waals surface area (Å²) in [6, 6.07) is 6.54. The maximum atomic E-state index is 4.35. The summed E-state index contributed by atoms with van der Waals surface area (Å²) in [5.41, 5.74) is 2.51. The third kappa shape index (κ3) is 1.79. The highest BCUT2D eigenvalue weighted by atomic mass is 15.2. The Hall–Kier alpha value is -1.31. The van der Waals surface area contributed by atoms with Crippen LogP contribution < -0.4 is 0 Å². The van der Waals surface area contributed by atoms with Gasteiger partial charge in [-0.15, -0.1) is 0 Å². The topological polar surface area (TPSA) is 17.8 Å². The Balaban J connectivity index is 2.31. The van der Waals surface area contributed by atoms with Crippen LogP contribution in [0.25, 0.3) is 10.9 Å². The van der Waals surface area contributed by atoms with E-state index in [4.69, 9.17) is 0 Å². The lowest BCUT2D eigenvalue weighted by Crippen LogP contribution is -1.84. The standard InChI is InChI=1S/C12H16N2/c1-3-4-5-10-6-7-12-11(8-10)9-14(2)13-12/h6-9H,3-5H2,1-2H3. The van der Waals surface area contributed by atoms with E-state index in [1.54, 1.807) is 0 Å². The molecular formula is C12H16N2. The second-order valence-electron chi connectivity index (χ2n) is 3.80. The second kappa shape index (κ2) is 3.82. The summed E-state index contributed by atoms with van der Waals surface area (Å²) in [5.74, 6) is 0. The Bertz CT molecular complexity index is 429. The van der Waals surface area contributed by atoms with Gasteiger partial charge >= 0.3 is 0 Å². The van der Waals surface area contributed by atoms with Crippen molar-refractivity contribution in [2.24, 2.45) is 7.05 Å². The summed E-state index contributed by atoms with van der Waals surface area (Å²) in [6.07, 6.45) is 5.78. The molecule has 0 saturated heterocycles. The second-order valence-corrected chi connectivity index (χ2v) is 3.80. The molecule has 1 aromatic heterocycles. The van der Waals surface area contributed by atoms with Crippen molar-refractivity contribution in [2.75, 3.05) is 0 Å². The van der Waals surface area contributed by atoms with Gasteiger partial charge in [-0.2, -0.15) is 5.10 Å². The van der Waals surface area contributed by atoms with Gasteiger partial charge in [0.25, 0.3) is 0 Å². The third-order valence-electron chi connectivity index (χ3n) is 2.50. The van der Waals surface area contributed by atoms with E-state index in [0.29, 0.717) is 0 Å². The fourth-order valence-corrected chi connectivity index (χ4v) is 1.73. The predicted octanol–water partition coefficient (Wildman–Crippen LogP) is 2.92. The zero-order valence-corrected chi connectivity index (χ0v) is 8.83.